The lowest BCUT2D eigenvalue weighted by molar-refractivity contribution is -0.135. The van der Waals surface area contributed by atoms with E-state index in [0.29, 0.717) is 58.4 Å². The molecule has 1 aliphatic heterocycles. The highest BCUT2D eigenvalue weighted by Crippen LogP contribution is 2.30. The highest BCUT2D eigenvalue weighted by atomic mass is 16.5. The smallest absolute Gasteiger partial charge is 0.318 e. The van der Waals surface area contributed by atoms with Gasteiger partial charge in [0.05, 0.1) is 13.2 Å². The molecular formula is C23H42N4O5. The lowest BCUT2D eigenvalue weighted by Crippen LogP contribution is -2.72. The molecule has 0 spiro atoms. The molecule has 2 atom stereocenters. The summed E-state index contributed by atoms with van der Waals surface area (Å²) in [5.41, 5.74) is -2.31. The Morgan fingerprint density at radius 2 is 1.78 bits per heavy atom. The second kappa shape index (κ2) is 13.1. The number of nitrogens with zero attached hydrogens (tertiary/aromatic N) is 1. The molecule has 2 aliphatic rings. The third-order valence-electron chi connectivity index (χ3n) is 6.65. The van der Waals surface area contributed by atoms with E-state index in [1.165, 1.54) is 0 Å². The molecule has 1 aliphatic carbocycles. The molecule has 0 aromatic carbocycles. The van der Waals surface area contributed by atoms with Gasteiger partial charge in [-0.1, -0.05) is 46.0 Å². The van der Waals surface area contributed by atoms with Crippen molar-refractivity contribution in [2.45, 2.75) is 95.4 Å². The maximum atomic E-state index is 13.7. The zero-order valence-corrected chi connectivity index (χ0v) is 19.8. The summed E-state index contributed by atoms with van der Waals surface area (Å²) >= 11 is 0. The number of urea groups is 1. The molecule has 0 bridgehead atoms. The molecule has 0 radical (unpaired) electrons. The fourth-order valence-corrected chi connectivity index (χ4v) is 4.52. The number of amides is 3. The summed E-state index contributed by atoms with van der Waals surface area (Å²) in [6, 6.07) is -0.264. The van der Waals surface area contributed by atoms with E-state index in [0.717, 1.165) is 44.9 Å². The Labute approximate surface area is 192 Å². The Balaban J connectivity index is 2.25. The van der Waals surface area contributed by atoms with Gasteiger partial charge >= 0.3 is 6.03 Å². The van der Waals surface area contributed by atoms with Crippen LogP contribution >= 0.6 is 0 Å². The standard InChI is InChI=1S/C23H42N4O5/c1-3-5-12-23(19(29)18-28,24-13-6-4-2)25-20(30)22(10-8-7-9-11-22)26-21(31)27-14-16-32-17-15-27/h18-19,24,29H,3-17H2,1-2H3,(H,25,30)(H,26,31)/t19-,23+/m1/s1. The minimum atomic E-state index is -1.38. The Kier molecular flexibility index (Phi) is 10.9. The molecule has 9 heteroatoms. The number of carbonyl (C=O) groups excluding carboxylic acids is 3. The topological polar surface area (TPSA) is 120 Å². The number of rotatable bonds is 12. The number of aldehydes is 1. The summed E-state index contributed by atoms with van der Waals surface area (Å²) in [4.78, 5) is 40.0. The third-order valence-corrected chi connectivity index (χ3v) is 6.65. The minimum Gasteiger partial charge on any atom is -0.382 e. The predicted molar refractivity (Wildman–Crippen MR) is 122 cm³/mol. The van der Waals surface area contributed by atoms with Crippen LogP contribution in [-0.2, 0) is 14.3 Å². The first kappa shape index (κ1) is 26.5. The SMILES string of the molecule is CCCCN[C@@](CCCC)(NC(=O)C1(NC(=O)N2CCOCC2)CCCCC1)[C@H](O)C=O. The van der Waals surface area contributed by atoms with Crippen LogP contribution in [0.25, 0.3) is 0 Å². The molecule has 0 aromatic heterocycles. The number of hydrogen-bond acceptors (Lipinski definition) is 6. The summed E-state index contributed by atoms with van der Waals surface area (Å²) in [6.07, 6.45) is 6.65. The highest BCUT2D eigenvalue weighted by Gasteiger charge is 2.47. The van der Waals surface area contributed by atoms with E-state index in [4.69, 9.17) is 4.74 Å². The fraction of sp³-hybridized carbons (Fsp3) is 0.870. The Bertz CT molecular complexity index is 605. The van der Waals surface area contributed by atoms with E-state index in [1.54, 1.807) is 4.90 Å². The number of unbranched alkanes of at least 4 members (excludes halogenated alkanes) is 2. The highest BCUT2D eigenvalue weighted by molar-refractivity contribution is 5.92. The molecule has 3 amide bonds. The second-order valence-electron chi connectivity index (χ2n) is 9.06. The van der Waals surface area contributed by atoms with Crippen molar-refractivity contribution < 1.29 is 24.2 Å². The van der Waals surface area contributed by atoms with Gasteiger partial charge in [-0.3, -0.25) is 10.1 Å². The second-order valence-corrected chi connectivity index (χ2v) is 9.06. The normalized spacial score (nSPS) is 21.3. The molecule has 0 aromatic rings. The largest absolute Gasteiger partial charge is 0.382 e. The fourth-order valence-electron chi connectivity index (χ4n) is 4.52. The summed E-state index contributed by atoms with van der Waals surface area (Å²) in [7, 11) is 0. The maximum Gasteiger partial charge on any atom is 0.318 e. The van der Waals surface area contributed by atoms with Crippen molar-refractivity contribution in [3.05, 3.63) is 0 Å². The first-order valence-corrected chi connectivity index (χ1v) is 12.3. The van der Waals surface area contributed by atoms with Crippen LogP contribution < -0.4 is 16.0 Å². The van der Waals surface area contributed by atoms with Gasteiger partial charge in [0.25, 0.3) is 0 Å². The van der Waals surface area contributed by atoms with Crippen molar-refractivity contribution in [3.8, 4) is 0 Å². The molecular weight excluding hydrogens is 412 g/mol. The van der Waals surface area contributed by atoms with E-state index in [9.17, 15) is 19.5 Å². The predicted octanol–water partition coefficient (Wildman–Crippen LogP) is 1.68. The molecule has 4 N–H and O–H groups in total. The molecule has 1 saturated heterocycles. The van der Waals surface area contributed by atoms with Crippen LogP contribution in [0.15, 0.2) is 0 Å². The lowest BCUT2D eigenvalue weighted by atomic mass is 9.80. The molecule has 184 valence electrons. The van der Waals surface area contributed by atoms with Crippen LogP contribution in [-0.4, -0.2) is 78.4 Å². The van der Waals surface area contributed by atoms with Crippen LogP contribution in [0.3, 0.4) is 0 Å². The zero-order valence-electron chi connectivity index (χ0n) is 19.8. The first-order valence-electron chi connectivity index (χ1n) is 12.3. The van der Waals surface area contributed by atoms with Crippen molar-refractivity contribution in [3.63, 3.8) is 0 Å². The van der Waals surface area contributed by atoms with E-state index in [1.807, 2.05) is 6.92 Å². The molecule has 32 heavy (non-hydrogen) atoms. The van der Waals surface area contributed by atoms with Gasteiger partial charge < -0.3 is 30.2 Å². The number of aliphatic hydroxyl groups excluding tert-OH is 1. The summed E-state index contributed by atoms with van der Waals surface area (Å²) in [6.45, 7) is 6.61. The van der Waals surface area contributed by atoms with E-state index < -0.39 is 17.3 Å². The van der Waals surface area contributed by atoms with Crippen molar-refractivity contribution in [2.24, 2.45) is 0 Å². The Morgan fingerprint density at radius 1 is 1.12 bits per heavy atom. The van der Waals surface area contributed by atoms with Crippen molar-refractivity contribution >= 4 is 18.2 Å². The van der Waals surface area contributed by atoms with Gasteiger partial charge in [0.15, 0.2) is 6.29 Å². The lowest BCUT2D eigenvalue weighted by Gasteiger charge is -2.44. The minimum absolute atomic E-state index is 0.264. The van der Waals surface area contributed by atoms with Crippen LogP contribution in [0.5, 0.6) is 0 Å². The van der Waals surface area contributed by atoms with Crippen molar-refractivity contribution in [2.75, 3.05) is 32.8 Å². The van der Waals surface area contributed by atoms with Crippen LogP contribution in [0.4, 0.5) is 4.79 Å². The Morgan fingerprint density at radius 3 is 2.38 bits per heavy atom. The van der Waals surface area contributed by atoms with E-state index in [-0.39, 0.29) is 11.9 Å². The van der Waals surface area contributed by atoms with E-state index in [2.05, 4.69) is 22.9 Å². The first-order chi connectivity index (χ1) is 15.4. The molecule has 0 unspecified atom stereocenters. The van der Waals surface area contributed by atoms with Gasteiger partial charge in [0.2, 0.25) is 5.91 Å². The monoisotopic (exact) mass is 454 g/mol. The number of hydrogen-bond donors (Lipinski definition) is 4. The summed E-state index contributed by atoms with van der Waals surface area (Å²) in [5, 5.41) is 20.0. The maximum absolute atomic E-state index is 13.7. The van der Waals surface area contributed by atoms with Gasteiger partial charge in [-0.2, -0.15) is 0 Å². The van der Waals surface area contributed by atoms with Crippen LogP contribution in [0, 0.1) is 0 Å². The third kappa shape index (κ3) is 6.89. The van der Waals surface area contributed by atoms with Crippen molar-refractivity contribution in [1.82, 2.24) is 20.9 Å². The van der Waals surface area contributed by atoms with Gasteiger partial charge in [-0.05, 0) is 38.6 Å². The number of aliphatic hydroxyl groups is 1. The molecule has 2 fully saturated rings. The summed E-state index contributed by atoms with van der Waals surface area (Å²) in [5.74, 6) is -0.334. The van der Waals surface area contributed by atoms with Crippen molar-refractivity contribution in [1.29, 1.82) is 0 Å². The molecule has 2 rings (SSSR count). The number of morpholine rings is 1. The quantitative estimate of drug-likeness (QED) is 0.202. The van der Waals surface area contributed by atoms with Crippen LogP contribution in [0.1, 0.15) is 78.1 Å². The zero-order chi connectivity index (χ0) is 23.5. The van der Waals surface area contributed by atoms with Gasteiger partial charge in [0.1, 0.15) is 17.3 Å². The molecule has 1 saturated carbocycles. The number of ether oxygens (including phenoxy) is 1. The Hall–Kier alpha value is -1.71. The average Bonchev–Trinajstić information content (AvgIpc) is 2.83. The average molecular weight is 455 g/mol. The molecule has 9 nitrogen and oxygen atoms in total. The van der Waals surface area contributed by atoms with Gasteiger partial charge in [0, 0.05) is 13.1 Å². The van der Waals surface area contributed by atoms with Crippen LogP contribution in [0.2, 0.25) is 0 Å². The van der Waals surface area contributed by atoms with E-state index >= 15 is 0 Å². The number of nitrogens with one attached hydrogen (secondary N) is 3. The molecule has 1 heterocycles. The number of carbonyl (C=O) groups is 3. The van der Waals surface area contributed by atoms with Gasteiger partial charge in [-0.25, -0.2) is 4.79 Å². The van der Waals surface area contributed by atoms with Gasteiger partial charge in [-0.15, -0.1) is 0 Å². The summed E-state index contributed by atoms with van der Waals surface area (Å²) < 4.78 is 5.33.